The van der Waals surface area contributed by atoms with Crippen LogP contribution >= 0.6 is 10.0 Å². The molecule has 0 radical (unpaired) electrons. The first-order valence-electron chi connectivity index (χ1n) is 3.01. The second-order valence-corrected chi connectivity index (χ2v) is 14.5. The third kappa shape index (κ3) is 6.53. The summed E-state index contributed by atoms with van der Waals surface area (Å²) in [6.07, 6.45) is 0. The van der Waals surface area contributed by atoms with Crippen molar-refractivity contribution in [3.63, 3.8) is 0 Å². The van der Waals surface area contributed by atoms with Gasteiger partial charge in [-0.15, -0.1) is 0 Å². The second kappa shape index (κ2) is 4.24. The first-order valence-corrected chi connectivity index (χ1v) is 10.8. The van der Waals surface area contributed by atoms with Crippen LogP contribution in [0.15, 0.2) is 0 Å². The average Bonchev–Trinajstić information content (AvgIpc) is 1.80. The van der Waals surface area contributed by atoms with Crippen LogP contribution in [0, 0.1) is 0 Å². The monoisotopic (exact) mass is 241 g/mol. The van der Waals surface area contributed by atoms with E-state index in [-0.39, 0.29) is 5.75 Å². The third-order valence-electron chi connectivity index (χ3n) is 0.882. The van der Waals surface area contributed by atoms with Crippen molar-refractivity contribution in [3.8, 4) is 0 Å². The van der Waals surface area contributed by atoms with Gasteiger partial charge in [-0.05, 0) is 0 Å². The van der Waals surface area contributed by atoms with E-state index in [0.29, 0.717) is 0 Å². The molecule has 0 saturated carbocycles. The Balaban J connectivity index is 3.72. The van der Waals surface area contributed by atoms with Crippen molar-refractivity contribution >= 4 is 28.3 Å². The van der Waals surface area contributed by atoms with Gasteiger partial charge in [0, 0.05) is 0 Å². The molecule has 0 saturated heterocycles. The first-order chi connectivity index (χ1) is 4.83. The van der Waals surface area contributed by atoms with Gasteiger partial charge < -0.3 is 0 Å². The van der Waals surface area contributed by atoms with E-state index in [1.165, 1.54) is 10.0 Å². The summed E-state index contributed by atoms with van der Waals surface area (Å²) >= 11 is -2.75. The number of nitrogens with two attached hydrogens (primary N) is 1. The Kier molecular flexibility index (Phi) is 4.29. The molecule has 0 spiro atoms. The quantitative estimate of drug-likeness (QED) is 0.690. The third-order valence-corrected chi connectivity index (χ3v) is 6.86. The average molecular weight is 241 g/mol. The summed E-state index contributed by atoms with van der Waals surface area (Å²) in [6, 6.07) is -0.894. The molecule has 0 fully saturated rings. The Hall–Kier alpha value is 0.138. The molecule has 6 heteroatoms. The Morgan fingerprint density at radius 1 is 1.73 bits per heavy atom. The van der Waals surface area contributed by atoms with Crippen LogP contribution < -0.4 is 5.73 Å². The molecule has 0 rings (SSSR count). The van der Waals surface area contributed by atoms with Crippen molar-refractivity contribution < 1.29 is 13.6 Å². The molecule has 0 aromatic rings. The van der Waals surface area contributed by atoms with E-state index in [2.05, 4.69) is 0 Å². The van der Waals surface area contributed by atoms with Gasteiger partial charge in [-0.3, -0.25) is 0 Å². The van der Waals surface area contributed by atoms with Gasteiger partial charge in [0.05, 0.1) is 0 Å². The van der Waals surface area contributed by atoms with Crippen LogP contribution in [0.3, 0.4) is 0 Å². The zero-order valence-corrected chi connectivity index (χ0v) is 9.17. The van der Waals surface area contributed by atoms with Gasteiger partial charge in [0.15, 0.2) is 0 Å². The first kappa shape index (κ1) is 11.1. The molecule has 0 aliphatic heterocycles. The van der Waals surface area contributed by atoms with E-state index in [4.69, 9.17) is 10.8 Å². The van der Waals surface area contributed by atoms with E-state index >= 15 is 0 Å². The van der Waals surface area contributed by atoms with E-state index in [0.717, 1.165) is 0 Å². The van der Waals surface area contributed by atoms with Crippen molar-refractivity contribution in [1.82, 2.24) is 0 Å². The summed E-state index contributed by atoms with van der Waals surface area (Å²) in [6.45, 7) is 0. The Morgan fingerprint density at radius 2 is 2.18 bits per heavy atom. The molecule has 0 unspecified atom stereocenters. The standard InChI is InChI=1S/C5H12AsNO3S/c1-6(2,10)11-3-4(7)5(8)9/h4H,3,7H2,1-2H3,(H,8,9)/t4-/m0/s1. The van der Waals surface area contributed by atoms with Crippen LogP contribution in [-0.4, -0.2) is 35.2 Å². The molecule has 0 aromatic heterocycles. The summed E-state index contributed by atoms with van der Waals surface area (Å²) in [4.78, 5) is 10.2. The topological polar surface area (TPSA) is 80.4 Å². The van der Waals surface area contributed by atoms with Gasteiger partial charge in [0.2, 0.25) is 0 Å². The Labute approximate surface area is 71.2 Å². The fourth-order valence-corrected chi connectivity index (χ4v) is 4.26. The molecule has 66 valence electrons. The molecule has 0 bridgehead atoms. The summed E-state index contributed by atoms with van der Waals surface area (Å²) in [7, 11) is 1.18. The molecular weight excluding hydrogens is 229 g/mol. The van der Waals surface area contributed by atoms with Crippen LogP contribution in [0.5, 0.6) is 0 Å². The molecule has 4 nitrogen and oxygen atoms in total. The predicted octanol–water partition coefficient (Wildman–Crippen LogP) is 0.264. The van der Waals surface area contributed by atoms with Crippen LogP contribution in [0.25, 0.3) is 0 Å². The number of carbonyl (C=O) groups is 1. The number of carboxylic acids is 1. The van der Waals surface area contributed by atoms with Gasteiger partial charge in [0.25, 0.3) is 0 Å². The van der Waals surface area contributed by atoms with Crippen LogP contribution in [0.4, 0.5) is 0 Å². The molecule has 0 aliphatic carbocycles. The fourth-order valence-electron chi connectivity index (χ4n) is 0.331. The molecule has 0 aliphatic rings. The summed E-state index contributed by atoms with van der Waals surface area (Å²) in [5.41, 5.74) is 8.49. The number of hydrogen-bond donors (Lipinski definition) is 2. The molecule has 0 amide bonds. The summed E-state index contributed by atoms with van der Waals surface area (Å²) < 4.78 is 11.1. The maximum absolute atomic E-state index is 11.1. The van der Waals surface area contributed by atoms with E-state index in [1.54, 1.807) is 11.4 Å². The zero-order chi connectivity index (χ0) is 9.07. The molecule has 0 aromatic carbocycles. The van der Waals surface area contributed by atoms with Crippen molar-refractivity contribution in [3.05, 3.63) is 0 Å². The van der Waals surface area contributed by atoms with Gasteiger partial charge >= 0.3 is 70.9 Å². The number of hydrogen-bond acceptors (Lipinski definition) is 4. The SMILES string of the molecule is C[As](C)(=O)SC[C@H](N)C(=O)O. The van der Waals surface area contributed by atoms with Crippen LogP contribution in [0.2, 0.25) is 11.4 Å². The van der Waals surface area contributed by atoms with E-state index in [9.17, 15) is 8.53 Å². The Bertz CT molecular complexity index is 190. The van der Waals surface area contributed by atoms with Gasteiger partial charge in [-0.25, -0.2) is 0 Å². The normalized spacial score (nSPS) is 14.5. The minimum atomic E-state index is -2.75. The van der Waals surface area contributed by atoms with Crippen LogP contribution in [0.1, 0.15) is 0 Å². The van der Waals surface area contributed by atoms with Crippen molar-refractivity contribution in [1.29, 1.82) is 0 Å². The molecule has 3 N–H and O–H groups in total. The van der Waals surface area contributed by atoms with Crippen LogP contribution in [-0.2, 0) is 8.53 Å². The fraction of sp³-hybridized carbons (Fsp3) is 0.800. The molecule has 1 atom stereocenters. The number of rotatable bonds is 4. The second-order valence-electron chi connectivity index (χ2n) is 2.49. The molecular formula is C5H12AsNO3S. The summed E-state index contributed by atoms with van der Waals surface area (Å²) in [5.74, 6) is -0.805. The maximum atomic E-state index is 11.1. The van der Waals surface area contributed by atoms with Crippen molar-refractivity contribution in [2.75, 3.05) is 5.75 Å². The van der Waals surface area contributed by atoms with Gasteiger partial charge in [-0.2, -0.15) is 0 Å². The summed E-state index contributed by atoms with van der Waals surface area (Å²) in [5, 5.41) is 8.36. The van der Waals surface area contributed by atoms with E-state index in [1.807, 2.05) is 0 Å². The number of carboxylic acid groups (broad SMARTS) is 1. The van der Waals surface area contributed by atoms with Crippen molar-refractivity contribution in [2.24, 2.45) is 5.73 Å². The Morgan fingerprint density at radius 3 is 2.45 bits per heavy atom. The minimum absolute atomic E-state index is 0.235. The van der Waals surface area contributed by atoms with Gasteiger partial charge in [0.1, 0.15) is 0 Å². The van der Waals surface area contributed by atoms with Gasteiger partial charge in [-0.1, -0.05) is 0 Å². The molecule has 0 heterocycles. The zero-order valence-electron chi connectivity index (χ0n) is 6.48. The predicted molar refractivity (Wildman–Crippen MR) is 46.2 cm³/mol. The van der Waals surface area contributed by atoms with Crippen molar-refractivity contribution in [2.45, 2.75) is 17.5 Å². The number of aliphatic carboxylic acids is 1. The molecule has 11 heavy (non-hydrogen) atoms. The van der Waals surface area contributed by atoms with E-state index < -0.39 is 24.3 Å².